The largest absolute Gasteiger partial charge is 0.292 e. The van der Waals surface area contributed by atoms with Crippen LogP contribution < -0.4 is 0 Å². The van der Waals surface area contributed by atoms with Crippen molar-refractivity contribution in [3.05, 3.63) is 96.0 Å². The second-order valence-electron chi connectivity index (χ2n) is 6.26. The van der Waals surface area contributed by atoms with E-state index in [-0.39, 0.29) is 0 Å². The average molecular weight is 355 g/mol. The SMILES string of the molecule is Clc1ccc(-c2ccc(-c3ccccc3)n3c2nc2ccccc23)cc1. The summed E-state index contributed by atoms with van der Waals surface area (Å²) in [6.07, 6.45) is 0. The van der Waals surface area contributed by atoms with E-state index >= 15 is 0 Å². The minimum atomic E-state index is 0.735. The first-order valence-corrected chi connectivity index (χ1v) is 8.91. The van der Waals surface area contributed by atoms with Crippen molar-refractivity contribution in [2.75, 3.05) is 0 Å². The van der Waals surface area contributed by atoms with Crippen molar-refractivity contribution in [1.29, 1.82) is 0 Å². The number of aromatic nitrogens is 2. The van der Waals surface area contributed by atoms with Crippen molar-refractivity contribution in [3.63, 3.8) is 0 Å². The van der Waals surface area contributed by atoms with Crippen molar-refractivity contribution in [2.45, 2.75) is 0 Å². The van der Waals surface area contributed by atoms with Crippen LogP contribution >= 0.6 is 11.6 Å². The monoisotopic (exact) mass is 354 g/mol. The molecular formula is C23H15ClN2. The summed E-state index contributed by atoms with van der Waals surface area (Å²) in [5.74, 6) is 0. The molecule has 2 aromatic heterocycles. The van der Waals surface area contributed by atoms with E-state index in [1.54, 1.807) is 0 Å². The molecule has 0 aliphatic carbocycles. The highest BCUT2D eigenvalue weighted by molar-refractivity contribution is 6.30. The van der Waals surface area contributed by atoms with Crippen LogP contribution in [0, 0.1) is 0 Å². The van der Waals surface area contributed by atoms with Gasteiger partial charge in [-0.25, -0.2) is 4.98 Å². The Balaban J connectivity index is 1.89. The molecule has 0 fully saturated rings. The molecule has 0 saturated heterocycles. The first-order chi connectivity index (χ1) is 12.8. The van der Waals surface area contributed by atoms with Gasteiger partial charge >= 0.3 is 0 Å². The van der Waals surface area contributed by atoms with Gasteiger partial charge in [-0.15, -0.1) is 0 Å². The summed E-state index contributed by atoms with van der Waals surface area (Å²) < 4.78 is 2.24. The maximum absolute atomic E-state index is 6.07. The second kappa shape index (κ2) is 6.01. The van der Waals surface area contributed by atoms with E-state index in [1.807, 2.05) is 36.4 Å². The van der Waals surface area contributed by atoms with Gasteiger partial charge in [0.25, 0.3) is 0 Å². The van der Waals surface area contributed by atoms with E-state index < -0.39 is 0 Å². The van der Waals surface area contributed by atoms with E-state index in [9.17, 15) is 0 Å². The Hall–Kier alpha value is -3.10. The van der Waals surface area contributed by atoms with Crippen molar-refractivity contribution in [2.24, 2.45) is 0 Å². The van der Waals surface area contributed by atoms with E-state index in [4.69, 9.17) is 16.6 Å². The fourth-order valence-corrected chi connectivity index (χ4v) is 3.58. The lowest BCUT2D eigenvalue weighted by Gasteiger charge is -2.11. The lowest BCUT2D eigenvalue weighted by atomic mass is 10.0. The summed E-state index contributed by atoms with van der Waals surface area (Å²) in [6, 6.07) is 30.9. The molecule has 2 heterocycles. The van der Waals surface area contributed by atoms with Crippen LogP contribution in [-0.4, -0.2) is 9.38 Å². The lowest BCUT2D eigenvalue weighted by molar-refractivity contribution is 1.23. The molecule has 0 spiro atoms. The molecule has 0 aliphatic heterocycles. The van der Waals surface area contributed by atoms with Gasteiger partial charge in [-0.2, -0.15) is 0 Å². The predicted octanol–water partition coefficient (Wildman–Crippen LogP) is 6.47. The number of pyridine rings is 1. The Bertz CT molecular complexity index is 1220. The fraction of sp³-hybridized carbons (Fsp3) is 0. The van der Waals surface area contributed by atoms with Gasteiger partial charge in [0.2, 0.25) is 0 Å². The summed E-state index contributed by atoms with van der Waals surface area (Å²) >= 11 is 6.07. The summed E-state index contributed by atoms with van der Waals surface area (Å²) in [5, 5.41) is 0.735. The van der Waals surface area contributed by atoms with Crippen LogP contribution in [0.3, 0.4) is 0 Å². The van der Waals surface area contributed by atoms with Gasteiger partial charge in [0, 0.05) is 10.6 Å². The van der Waals surface area contributed by atoms with Gasteiger partial charge in [0.1, 0.15) is 5.65 Å². The van der Waals surface area contributed by atoms with Gasteiger partial charge < -0.3 is 0 Å². The number of hydrogen-bond acceptors (Lipinski definition) is 1. The van der Waals surface area contributed by atoms with Crippen LogP contribution in [0.2, 0.25) is 5.02 Å². The Morgan fingerprint density at radius 2 is 1.38 bits per heavy atom. The molecule has 5 rings (SSSR count). The number of hydrogen-bond donors (Lipinski definition) is 0. The Labute approximate surface area is 156 Å². The van der Waals surface area contributed by atoms with Gasteiger partial charge in [-0.3, -0.25) is 4.40 Å². The van der Waals surface area contributed by atoms with Crippen LogP contribution in [0.25, 0.3) is 39.1 Å². The van der Waals surface area contributed by atoms with Crippen molar-refractivity contribution >= 4 is 28.3 Å². The minimum absolute atomic E-state index is 0.735. The number of imidazole rings is 1. The molecule has 3 aromatic carbocycles. The van der Waals surface area contributed by atoms with Crippen molar-refractivity contribution < 1.29 is 0 Å². The molecule has 0 bridgehead atoms. The number of para-hydroxylation sites is 2. The highest BCUT2D eigenvalue weighted by Crippen LogP contribution is 2.32. The second-order valence-corrected chi connectivity index (χ2v) is 6.70. The summed E-state index contributed by atoms with van der Waals surface area (Å²) in [5.41, 5.74) is 7.56. The molecular weight excluding hydrogens is 340 g/mol. The van der Waals surface area contributed by atoms with Gasteiger partial charge in [0.15, 0.2) is 0 Å². The minimum Gasteiger partial charge on any atom is -0.292 e. The number of halogens is 1. The number of rotatable bonds is 2. The maximum Gasteiger partial charge on any atom is 0.146 e. The maximum atomic E-state index is 6.07. The van der Waals surface area contributed by atoms with Crippen LogP contribution in [0.5, 0.6) is 0 Å². The molecule has 0 radical (unpaired) electrons. The molecule has 0 unspecified atom stereocenters. The third kappa shape index (κ3) is 2.39. The first-order valence-electron chi connectivity index (χ1n) is 8.53. The molecule has 5 aromatic rings. The Morgan fingerprint density at radius 1 is 0.654 bits per heavy atom. The van der Waals surface area contributed by atoms with E-state index in [0.29, 0.717) is 0 Å². The lowest BCUT2D eigenvalue weighted by Crippen LogP contribution is -1.94. The van der Waals surface area contributed by atoms with Gasteiger partial charge in [-0.1, -0.05) is 66.2 Å². The van der Waals surface area contributed by atoms with Gasteiger partial charge in [-0.05, 0) is 47.5 Å². The summed E-state index contributed by atoms with van der Waals surface area (Å²) in [4.78, 5) is 4.93. The normalized spacial score (nSPS) is 11.3. The molecule has 0 N–H and O–H groups in total. The number of nitrogens with zero attached hydrogens (tertiary/aromatic N) is 2. The van der Waals surface area contributed by atoms with Gasteiger partial charge in [0.05, 0.1) is 16.7 Å². The van der Waals surface area contributed by atoms with Crippen LogP contribution in [0.1, 0.15) is 0 Å². The molecule has 0 amide bonds. The fourth-order valence-electron chi connectivity index (χ4n) is 3.45. The van der Waals surface area contributed by atoms with Crippen LogP contribution in [-0.2, 0) is 0 Å². The van der Waals surface area contributed by atoms with E-state index in [1.165, 1.54) is 5.56 Å². The summed E-state index contributed by atoms with van der Waals surface area (Å²) in [6.45, 7) is 0. The molecule has 0 saturated carbocycles. The molecule has 3 heteroatoms. The third-order valence-electron chi connectivity index (χ3n) is 4.68. The highest BCUT2D eigenvalue weighted by Gasteiger charge is 2.14. The molecule has 26 heavy (non-hydrogen) atoms. The average Bonchev–Trinajstić information content (AvgIpc) is 3.08. The third-order valence-corrected chi connectivity index (χ3v) is 4.93. The molecule has 2 nitrogen and oxygen atoms in total. The van der Waals surface area contributed by atoms with Crippen molar-refractivity contribution in [1.82, 2.24) is 9.38 Å². The standard InChI is InChI=1S/C23H15ClN2/c24-18-12-10-16(11-13-18)19-14-15-21(17-6-2-1-3-7-17)26-22-9-5-4-8-20(22)25-23(19)26/h1-15H. The highest BCUT2D eigenvalue weighted by atomic mass is 35.5. The zero-order valence-corrected chi connectivity index (χ0v) is 14.7. The van der Waals surface area contributed by atoms with Crippen LogP contribution in [0.15, 0.2) is 91.0 Å². The predicted molar refractivity (Wildman–Crippen MR) is 109 cm³/mol. The molecule has 124 valence electrons. The number of benzene rings is 3. The molecule has 0 atom stereocenters. The zero-order valence-electron chi connectivity index (χ0n) is 13.9. The Kier molecular flexibility index (Phi) is 3.51. The smallest absolute Gasteiger partial charge is 0.146 e. The quantitative estimate of drug-likeness (QED) is 0.355. The topological polar surface area (TPSA) is 17.3 Å². The summed E-state index contributed by atoms with van der Waals surface area (Å²) in [7, 11) is 0. The van der Waals surface area contributed by atoms with E-state index in [2.05, 4.69) is 59.0 Å². The number of fused-ring (bicyclic) bond motifs is 3. The Morgan fingerprint density at radius 3 is 2.19 bits per heavy atom. The zero-order chi connectivity index (χ0) is 17.5. The first kappa shape index (κ1) is 15.2. The van der Waals surface area contributed by atoms with Crippen molar-refractivity contribution in [3.8, 4) is 22.4 Å². The van der Waals surface area contributed by atoms with E-state index in [0.717, 1.165) is 38.5 Å². The van der Waals surface area contributed by atoms with Crippen LogP contribution in [0.4, 0.5) is 0 Å². The molecule has 0 aliphatic rings.